The number of carbonyl (C=O) groups excluding carboxylic acids is 2. The summed E-state index contributed by atoms with van der Waals surface area (Å²) < 4.78 is 6.78. The standard InChI is InChI=1S/C17H16ClN5O3/c1-10(2)23-16-11(7-21-23)5-12(6-20-16)17(25)26-9-15(24)22-14-4-3-13(18)8-19-14/h3-8,10H,9H2,1-2H3,(H,19,22,24). The topological polar surface area (TPSA) is 99.0 Å². The summed E-state index contributed by atoms with van der Waals surface area (Å²) in [6.07, 6.45) is 4.45. The number of ether oxygens (including phenoxy) is 1. The SMILES string of the molecule is CC(C)n1ncc2cc(C(=O)OCC(=O)Nc3ccc(Cl)cn3)cnc21. The van der Waals surface area contributed by atoms with E-state index in [-0.39, 0.29) is 11.6 Å². The molecule has 3 aromatic heterocycles. The van der Waals surface area contributed by atoms with Crippen LogP contribution in [0, 0.1) is 0 Å². The molecular weight excluding hydrogens is 358 g/mol. The lowest BCUT2D eigenvalue weighted by molar-refractivity contribution is -0.119. The van der Waals surface area contributed by atoms with Crippen molar-refractivity contribution in [2.75, 3.05) is 11.9 Å². The van der Waals surface area contributed by atoms with Crippen molar-refractivity contribution in [2.45, 2.75) is 19.9 Å². The molecule has 8 nitrogen and oxygen atoms in total. The molecular formula is C17H16ClN5O3. The highest BCUT2D eigenvalue weighted by Gasteiger charge is 2.14. The predicted molar refractivity (Wildman–Crippen MR) is 96.1 cm³/mol. The number of pyridine rings is 2. The maximum Gasteiger partial charge on any atom is 0.340 e. The number of nitrogens with one attached hydrogen (secondary N) is 1. The van der Waals surface area contributed by atoms with E-state index in [1.54, 1.807) is 29.1 Å². The van der Waals surface area contributed by atoms with E-state index in [1.165, 1.54) is 12.4 Å². The zero-order valence-corrected chi connectivity index (χ0v) is 14.9. The fraction of sp³-hybridized carbons (Fsp3) is 0.235. The van der Waals surface area contributed by atoms with E-state index in [2.05, 4.69) is 20.4 Å². The van der Waals surface area contributed by atoms with Crippen LogP contribution in [0.2, 0.25) is 5.02 Å². The number of rotatable bonds is 5. The third-order valence-electron chi connectivity index (χ3n) is 3.49. The number of carbonyl (C=O) groups is 2. The summed E-state index contributed by atoms with van der Waals surface area (Å²) >= 11 is 5.72. The maximum atomic E-state index is 12.1. The summed E-state index contributed by atoms with van der Waals surface area (Å²) in [4.78, 5) is 32.2. The highest BCUT2D eigenvalue weighted by Crippen LogP contribution is 2.17. The lowest BCUT2D eigenvalue weighted by atomic mass is 10.2. The van der Waals surface area contributed by atoms with Crippen LogP contribution in [0.5, 0.6) is 0 Å². The van der Waals surface area contributed by atoms with Crippen LogP contribution in [-0.4, -0.2) is 38.2 Å². The minimum atomic E-state index is -0.643. The molecule has 0 unspecified atom stereocenters. The Balaban J connectivity index is 1.61. The number of fused-ring (bicyclic) bond motifs is 1. The molecule has 0 aromatic carbocycles. The van der Waals surface area contributed by atoms with E-state index < -0.39 is 18.5 Å². The Morgan fingerprint density at radius 1 is 1.23 bits per heavy atom. The Labute approximate surface area is 154 Å². The normalized spacial score (nSPS) is 10.9. The molecule has 0 fully saturated rings. The Hall–Kier alpha value is -3.00. The number of anilines is 1. The Morgan fingerprint density at radius 3 is 2.73 bits per heavy atom. The van der Waals surface area contributed by atoms with Crippen molar-refractivity contribution in [3.05, 3.63) is 47.4 Å². The van der Waals surface area contributed by atoms with Crippen molar-refractivity contribution in [1.82, 2.24) is 19.7 Å². The summed E-state index contributed by atoms with van der Waals surface area (Å²) in [6.45, 7) is 3.54. The molecule has 0 aliphatic carbocycles. The van der Waals surface area contributed by atoms with Crippen LogP contribution in [0.15, 0.2) is 36.8 Å². The molecule has 0 bridgehead atoms. The molecule has 0 aliphatic rings. The minimum Gasteiger partial charge on any atom is -0.452 e. The average molecular weight is 374 g/mol. The highest BCUT2D eigenvalue weighted by atomic mass is 35.5. The summed E-state index contributed by atoms with van der Waals surface area (Å²) in [6, 6.07) is 4.93. The van der Waals surface area contributed by atoms with Gasteiger partial charge in [-0.25, -0.2) is 19.4 Å². The first-order chi connectivity index (χ1) is 12.4. The molecule has 26 heavy (non-hydrogen) atoms. The minimum absolute atomic E-state index is 0.156. The fourth-order valence-electron chi connectivity index (χ4n) is 2.27. The molecule has 3 aromatic rings. The van der Waals surface area contributed by atoms with Gasteiger partial charge in [0.05, 0.1) is 16.8 Å². The van der Waals surface area contributed by atoms with Gasteiger partial charge in [0.15, 0.2) is 12.3 Å². The van der Waals surface area contributed by atoms with E-state index in [0.717, 1.165) is 5.39 Å². The van der Waals surface area contributed by atoms with Crippen molar-refractivity contribution in [3.8, 4) is 0 Å². The molecule has 0 saturated carbocycles. The first-order valence-electron chi connectivity index (χ1n) is 7.86. The second-order valence-electron chi connectivity index (χ2n) is 5.81. The Bertz CT molecular complexity index is 953. The van der Waals surface area contributed by atoms with Crippen LogP contribution in [-0.2, 0) is 9.53 Å². The zero-order valence-electron chi connectivity index (χ0n) is 14.1. The average Bonchev–Trinajstić information content (AvgIpc) is 3.05. The van der Waals surface area contributed by atoms with Gasteiger partial charge in [-0.3, -0.25) is 4.79 Å². The van der Waals surface area contributed by atoms with Gasteiger partial charge in [0.2, 0.25) is 0 Å². The summed E-state index contributed by atoms with van der Waals surface area (Å²) in [5, 5.41) is 7.93. The number of nitrogens with zero attached hydrogens (tertiary/aromatic N) is 4. The van der Waals surface area contributed by atoms with Crippen LogP contribution < -0.4 is 5.32 Å². The molecule has 3 rings (SSSR count). The van der Waals surface area contributed by atoms with Crippen molar-refractivity contribution >= 4 is 40.3 Å². The molecule has 1 N–H and O–H groups in total. The molecule has 0 spiro atoms. The van der Waals surface area contributed by atoms with Gasteiger partial charge in [-0.2, -0.15) is 5.10 Å². The van der Waals surface area contributed by atoms with Crippen LogP contribution in [0.1, 0.15) is 30.2 Å². The first-order valence-corrected chi connectivity index (χ1v) is 8.23. The van der Waals surface area contributed by atoms with Gasteiger partial charge in [-0.05, 0) is 32.0 Å². The molecule has 9 heteroatoms. The van der Waals surface area contributed by atoms with Crippen molar-refractivity contribution in [2.24, 2.45) is 0 Å². The van der Waals surface area contributed by atoms with Crippen molar-refractivity contribution in [3.63, 3.8) is 0 Å². The molecule has 0 aliphatic heterocycles. The third kappa shape index (κ3) is 3.97. The monoisotopic (exact) mass is 373 g/mol. The van der Waals surface area contributed by atoms with E-state index in [4.69, 9.17) is 16.3 Å². The van der Waals surface area contributed by atoms with Gasteiger partial charge in [0, 0.05) is 23.8 Å². The van der Waals surface area contributed by atoms with E-state index in [0.29, 0.717) is 16.5 Å². The van der Waals surface area contributed by atoms with Crippen molar-refractivity contribution in [1.29, 1.82) is 0 Å². The Kier molecular flexibility index (Phi) is 5.13. The second kappa shape index (κ2) is 7.49. The van der Waals surface area contributed by atoms with Crippen molar-refractivity contribution < 1.29 is 14.3 Å². The van der Waals surface area contributed by atoms with Gasteiger partial charge < -0.3 is 10.1 Å². The number of halogens is 1. The number of amides is 1. The van der Waals surface area contributed by atoms with Crippen LogP contribution in [0.3, 0.4) is 0 Å². The molecule has 0 radical (unpaired) electrons. The van der Waals surface area contributed by atoms with E-state index >= 15 is 0 Å². The Morgan fingerprint density at radius 2 is 2.04 bits per heavy atom. The summed E-state index contributed by atoms with van der Waals surface area (Å²) in [7, 11) is 0. The molecule has 134 valence electrons. The van der Waals surface area contributed by atoms with E-state index in [1.807, 2.05) is 13.8 Å². The third-order valence-corrected chi connectivity index (χ3v) is 3.71. The summed E-state index contributed by atoms with van der Waals surface area (Å²) in [5.74, 6) is -0.828. The van der Waals surface area contributed by atoms with Crippen LogP contribution in [0.4, 0.5) is 5.82 Å². The van der Waals surface area contributed by atoms with Crippen LogP contribution >= 0.6 is 11.6 Å². The zero-order chi connectivity index (χ0) is 18.7. The van der Waals surface area contributed by atoms with Gasteiger partial charge in [-0.1, -0.05) is 11.6 Å². The predicted octanol–water partition coefficient (Wildman–Crippen LogP) is 2.86. The number of hydrogen-bond donors (Lipinski definition) is 1. The largest absolute Gasteiger partial charge is 0.452 e. The summed E-state index contributed by atoms with van der Waals surface area (Å²) in [5.41, 5.74) is 0.932. The van der Waals surface area contributed by atoms with Crippen LogP contribution in [0.25, 0.3) is 11.0 Å². The molecule has 0 saturated heterocycles. The number of aromatic nitrogens is 4. The number of hydrogen-bond acceptors (Lipinski definition) is 6. The van der Waals surface area contributed by atoms with Gasteiger partial charge in [0.25, 0.3) is 5.91 Å². The molecule has 0 atom stereocenters. The second-order valence-corrected chi connectivity index (χ2v) is 6.24. The lowest BCUT2D eigenvalue weighted by Gasteiger charge is -2.07. The lowest BCUT2D eigenvalue weighted by Crippen LogP contribution is -2.21. The number of esters is 1. The molecule has 3 heterocycles. The van der Waals surface area contributed by atoms with E-state index in [9.17, 15) is 9.59 Å². The first kappa shape index (κ1) is 17.8. The fourth-order valence-corrected chi connectivity index (χ4v) is 2.38. The van der Waals surface area contributed by atoms with Gasteiger partial charge in [0.1, 0.15) is 5.82 Å². The highest BCUT2D eigenvalue weighted by molar-refractivity contribution is 6.30. The van der Waals surface area contributed by atoms with Gasteiger partial charge >= 0.3 is 5.97 Å². The molecule has 1 amide bonds. The maximum absolute atomic E-state index is 12.1. The quantitative estimate of drug-likeness (QED) is 0.690. The van der Waals surface area contributed by atoms with Gasteiger partial charge in [-0.15, -0.1) is 0 Å². The smallest absolute Gasteiger partial charge is 0.340 e.